The number of rotatable bonds is 20. The zero-order valence-corrected chi connectivity index (χ0v) is 40.9. The largest absolute Gasteiger partial charge is 0.496 e. The summed E-state index contributed by atoms with van der Waals surface area (Å²) in [5, 5.41) is 0. The molecule has 0 amide bonds. The van der Waals surface area contributed by atoms with Crippen LogP contribution in [-0.2, 0) is 10.8 Å². The summed E-state index contributed by atoms with van der Waals surface area (Å²) in [6.45, 7) is 26.1. The molecule has 63 heavy (non-hydrogen) atoms. The van der Waals surface area contributed by atoms with Gasteiger partial charge in [0.15, 0.2) is 0 Å². The van der Waals surface area contributed by atoms with Crippen molar-refractivity contribution in [3.8, 4) is 22.6 Å². The monoisotopic (exact) mass is 844 g/mol. The van der Waals surface area contributed by atoms with Gasteiger partial charge in [-0.25, -0.2) is 0 Å². The van der Waals surface area contributed by atoms with Crippen LogP contribution in [0.4, 0.5) is 17.1 Å². The predicted octanol–water partition coefficient (Wildman–Crippen LogP) is 17.8. The summed E-state index contributed by atoms with van der Waals surface area (Å²) in [5.41, 5.74) is 13.5. The topological polar surface area (TPSA) is 21.7 Å². The van der Waals surface area contributed by atoms with Gasteiger partial charge in [-0.1, -0.05) is 194 Å². The number of ether oxygens (including phenoxy) is 2. The maximum absolute atomic E-state index is 6.58. The van der Waals surface area contributed by atoms with E-state index >= 15 is 0 Å². The van der Waals surface area contributed by atoms with E-state index < -0.39 is 0 Å². The Balaban J connectivity index is 1.30. The summed E-state index contributed by atoms with van der Waals surface area (Å²) in [4.78, 5) is 2.42. The zero-order valence-electron chi connectivity index (χ0n) is 40.9. The fourth-order valence-electron chi connectivity index (χ4n) is 9.10. The summed E-state index contributed by atoms with van der Waals surface area (Å²) >= 11 is 0. The molecule has 5 aromatic rings. The highest BCUT2D eigenvalue weighted by Gasteiger charge is 2.35. The van der Waals surface area contributed by atoms with Crippen LogP contribution in [0.3, 0.4) is 0 Å². The van der Waals surface area contributed by atoms with Gasteiger partial charge in [0.25, 0.3) is 0 Å². The van der Waals surface area contributed by atoms with Crippen LogP contribution < -0.4 is 14.4 Å². The van der Waals surface area contributed by atoms with Gasteiger partial charge in [0, 0.05) is 33.6 Å². The summed E-state index contributed by atoms with van der Waals surface area (Å²) in [6.07, 6.45) is 18.6. The van der Waals surface area contributed by atoms with E-state index in [2.05, 4.69) is 208 Å². The molecular formula is C60H77NO2. The number of methoxy groups -OCH3 is 1. The van der Waals surface area contributed by atoms with E-state index in [1.165, 1.54) is 72.8 Å². The highest BCUT2D eigenvalue weighted by Crippen LogP contribution is 2.50. The van der Waals surface area contributed by atoms with Crippen LogP contribution in [0, 0.1) is 17.3 Å². The summed E-state index contributed by atoms with van der Waals surface area (Å²) in [6, 6.07) is 38.5. The number of unbranched alkanes of at least 4 members (excludes halogenated alkanes) is 2. The molecule has 0 heterocycles. The van der Waals surface area contributed by atoms with E-state index in [-0.39, 0.29) is 16.2 Å². The summed E-state index contributed by atoms with van der Waals surface area (Å²) in [7, 11) is 1.76. The van der Waals surface area contributed by atoms with Gasteiger partial charge in [-0.3, -0.25) is 0 Å². The molecule has 6 rings (SSSR count). The standard InChI is InChI=1S/C60H77NO2/c1-13-14-17-37-59(8,9)48-27-31-50(32-28-48)61(51-33-34-53-52-21-15-16-22-54(52)60(10,11)55(53)42-51)49-29-24-45(25-30-49)23-26-46-41-57(63-39-36-44(4)20-18-19-43(2)3)47(40-56(46)62-12)35-38-58(5,6)7/h15-16,21-35,38,40-44H,13-14,17-20,36-37,39H2,1-12H3. The Kier molecular flexibility index (Phi) is 15.6. The van der Waals surface area contributed by atoms with Crippen LogP contribution in [0.1, 0.15) is 161 Å². The van der Waals surface area contributed by atoms with Gasteiger partial charge < -0.3 is 14.4 Å². The third-order valence-corrected chi connectivity index (χ3v) is 13.2. The van der Waals surface area contributed by atoms with Crippen molar-refractivity contribution in [1.82, 2.24) is 0 Å². The number of nitrogens with zero attached hydrogens (tertiary/aromatic N) is 1. The third-order valence-electron chi connectivity index (χ3n) is 13.2. The normalized spacial score (nSPS) is 14.0. The van der Waals surface area contributed by atoms with Crippen LogP contribution in [-0.4, -0.2) is 13.7 Å². The van der Waals surface area contributed by atoms with Gasteiger partial charge in [0.05, 0.1) is 13.7 Å². The van der Waals surface area contributed by atoms with E-state index in [1.807, 2.05) is 0 Å². The Labute approximate surface area is 382 Å². The van der Waals surface area contributed by atoms with Gasteiger partial charge in [0.1, 0.15) is 11.5 Å². The number of hydrogen-bond donors (Lipinski definition) is 0. The van der Waals surface area contributed by atoms with Crippen molar-refractivity contribution in [3.63, 3.8) is 0 Å². The van der Waals surface area contributed by atoms with Crippen LogP contribution in [0.5, 0.6) is 11.5 Å². The van der Waals surface area contributed by atoms with Crippen LogP contribution in [0.25, 0.3) is 29.4 Å². The van der Waals surface area contributed by atoms with Crippen LogP contribution in [0.2, 0.25) is 0 Å². The molecule has 0 saturated carbocycles. The SMILES string of the molecule is CCCCCC(C)(C)c1ccc(N(c2ccc(C=Cc3cc(OCCC(C)CCCC(C)C)c(C=CC(C)(C)C)cc3OC)cc2)c2ccc3c(c2)C(C)(C)c2ccccc2-3)cc1. The molecule has 5 aromatic carbocycles. The van der Waals surface area contributed by atoms with Crippen molar-refractivity contribution in [1.29, 1.82) is 0 Å². The minimum atomic E-state index is -0.0900. The maximum Gasteiger partial charge on any atom is 0.127 e. The van der Waals surface area contributed by atoms with E-state index in [0.717, 1.165) is 57.6 Å². The van der Waals surface area contributed by atoms with E-state index in [4.69, 9.17) is 9.47 Å². The number of allylic oxidation sites excluding steroid dienone is 1. The second-order valence-corrected chi connectivity index (χ2v) is 20.9. The molecule has 0 radical (unpaired) electrons. The molecule has 1 aliphatic carbocycles. The van der Waals surface area contributed by atoms with Gasteiger partial charge in [-0.15, -0.1) is 0 Å². The molecule has 0 aromatic heterocycles. The van der Waals surface area contributed by atoms with Gasteiger partial charge in [0.2, 0.25) is 0 Å². The molecule has 3 nitrogen and oxygen atoms in total. The quantitative estimate of drug-likeness (QED) is 0.0575. The molecule has 0 bridgehead atoms. The molecular weight excluding hydrogens is 767 g/mol. The first-order valence-corrected chi connectivity index (χ1v) is 24.0. The van der Waals surface area contributed by atoms with Crippen LogP contribution >= 0.6 is 0 Å². The molecule has 0 aliphatic heterocycles. The lowest BCUT2D eigenvalue weighted by atomic mass is 9.80. The molecule has 0 N–H and O–H groups in total. The minimum Gasteiger partial charge on any atom is -0.496 e. The lowest BCUT2D eigenvalue weighted by molar-refractivity contribution is 0.275. The Morgan fingerprint density at radius 1 is 0.635 bits per heavy atom. The Morgan fingerprint density at radius 2 is 1.27 bits per heavy atom. The average Bonchev–Trinajstić information content (AvgIpc) is 3.48. The maximum atomic E-state index is 6.58. The van der Waals surface area contributed by atoms with Crippen molar-refractivity contribution in [2.75, 3.05) is 18.6 Å². The lowest BCUT2D eigenvalue weighted by Crippen LogP contribution is -2.18. The fraction of sp³-hybridized carbons (Fsp3) is 0.433. The van der Waals surface area contributed by atoms with Crippen molar-refractivity contribution in [3.05, 3.63) is 143 Å². The van der Waals surface area contributed by atoms with Crippen molar-refractivity contribution in [2.24, 2.45) is 17.3 Å². The Bertz CT molecular complexity index is 2320. The molecule has 3 heteroatoms. The van der Waals surface area contributed by atoms with E-state index in [1.54, 1.807) is 7.11 Å². The molecule has 1 aliphatic rings. The van der Waals surface area contributed by atoms with E-state index in [9.17, 15) is 0 Å². The van der Waals surface area contributed by atoms with E-state index in [0.29, 0.717) is 12.5 Å². The molecule has 334 valence electrons. The second kappa shape index (κ2) is 20.7. The molecule has 1 unspecified atom stereocenters. The van der Waals surface area contributed by atoms with Crippen LogP contribution in [0.15, 0.2) is 109 Å². The average molecular weight is 844 g/mol. The lowest BCUT2D eigenvalue weighted by Gasteiger charge is -2.30. The van der Waals surface area contributed by atoms with Gasteiger partial charge in [-0.2, -0.15) is 0 Å². The fourth-order valence-corrected chi connectivity index (χ4v) is 9.10. The molecule has 0 spiro atoms. The highest BCUT2D eigenvalue weighted by molar-refractivity contribution is 5.86. The first-order valence-electron chi connectivity index (χ1n) is 24.0. The van der Waals surface area contributed by atoms with Crippen molar-refractivity contribution < 1.29 is 9.47 Å². The smallest absolute Gasteiger partial charge is 0.127 e. The zero-order chi connectivity index (χ0) is 45.4. The molecule has 1 atom stereocenters. The second-order valence-electron chi connectivity index (χ2n) is 20.9. The number of benzene rings is 5. The summed E-state index contributed by atoms with van der Waals surface area (Å²) in [5.74, 6) is 3.11. The minimum absolute atomic E-state index is 0.0486. The molecule has 0 saturated heterocycles. The van der Waals surface area contributed by atoms with Gasteiger partial charge >= 0.3 is 0 Å². The van der Waals surface area contributed by atoms with Crippen molar-refractivity contribution >= 4 is 35.3 Å². The Hall–Kier alpha value is -5.02. The van der Waals surface area contributed by atoms with Gasteiger partial charge in [-0.05, 0) is 117 Å². The number of fused-ring (bicyclic) bond motifs is 3. The predicted molar refractivity (Wildman–Crippen MR) is 274 cm³/mol. The van der Waals surface area contributed by atoms with Crippen molar-refractivity contribution in [2.45, 2.75) is 138 Å². The Morgan fingerprint density at radius 3 is 1.94 bits per heavy atom. The first kappa shape index (κ1) is 47.5. The highest BCUT2D eigenvalue weighted by atomic mass is 16.5. The third kappa shape index (κ3) is 12.0. The first-order chi connectivity index (χ1) is 30.0. The molecule has 0 fully saturated rings. The number of anilines is 3. The summed E-state index contributed by atoms with van der Waals surface area (Å²) < 4.78 is 12.6. The number of hydrogen-bond acceptors (Lipinski definition) is 3.